The molecule has 1 nitrogen and oxygen atoms in total. The lowest BCUT2D eigenvalue weighted by Gasteiger charge is -2.31. The van der Waals surface area contributed by atoms with E-state index in [9.17, 15) is 0 Å². The van der Waals surface area contributed by atoms with E-state index in [2.05, 4.69) is 59.7 Å². The topological polar surface area (TPSA) is 26.0 Å². The molecule has 0 saturated heterocycles. The first-order chi connectivity index (χ1) is 8.31. The van der Waals surface area contributed by atoms with Gasteiger partial charge in [-0.05, 0) is 43.6 Å². The van der Waals surface area contributed by atoms with Gasteiger partial charge < -0.3 is 5.73 Å². The number of rotatable bonds is 5. The Kier molecular flexibility index (Phi) is 5.40. The minimum atomic E-state index is 0.256. The van der Waals surface area contributed by atoms with Gasteiger partial charge in [0.1, 0.15) is 0 Å². The van der Waals surface area contributed by atoms with Crippen molar-refractivity contribution in [1.82, 2.24) is 0 Å². The lowest BCUT2D eigenvalue weighted by molar-refractivity contribution is 0.237. The summed E-state index contributed by atoms with van der Waals surface area (Å²) in [6, 6.07) is 7.01. The van der Waals surface area contributed by atoms with Crippen LogP contribution in [0, 0.1) is 31.6 Å². The summed E-state index contributed by atoms with van der Waals surface area (Å²) in [6.07, 6.45) is 0.990. The molecule has 0 aliphatic rings. The molecule has 1 unspecified atom stereocenters. The Morgan fingerprint density at radius 1 is 0.889 bits per heavy atom. The summed E-state index contributed by atoms with van der Waals surface area (Å²) in [5, 5.41) is 0. The highest BCUT2D eigenvalue weighted by Crippen LogP contribution is 2.25. The van der Waals surface area contributed by atoms with Crippen molar-refractivity contribution in [2.24, 2.45) is 23.5 Å². The van der Waals surface area contributed by atoms with E-state index >= 15 is 0 Å². The Hall–Kier alpha value is -0.820. The molecule has 0 fully saturated rings. The van der Waals surface area contributed by atoms with Crippen LogP contribution in [0.3, 0.4) is 0 Å². The summed E-state index contributed by atoms with van der Waals surface area (Å²) < 4.78 is 0. The van der Waals surface area contributed by atoms with Crippen molar-refractivity contribution in [2.45, 2.75) is 54.0 Å². The summed E-state index contributed by atoms with van der Waals surface area (Å²) in [7, 11) is 0. The lowest BCUT2D eigenvalue weighted by Crippen LogP contribution is -2.38. The van der Waals surface area contributed by atoms with Gasteiger partial charge in [-0.15, -0.1) is 0 Å². The molecule has 1 rings (SSSR count). The Labute approximate surface area is 113 Å². The quantitative estimate of drug-likeness (QED) is 0.833. The molecule has 1 heteroatoms. The minimum absolute atomic E-state index is 0.256. The summed E-state index contributed by atoms with van der Waals surface area (Å²) in [5.74, 6) is 1.88. The first kappa shape index (κ1) is 15.2. The predicted molar refractivity (Wildman–Crippen MR) is 80.8 cm³/mol. The van der Waals surface area contributed by atoms with Crippen LogP contribution in [-0.4, -0.2) is 6.04 Å². The summed E-state index contributed by atoms with van der Waals surface area (Å²) in [6.45, 7) is 13.4. The fourth-order valence-electron chi connectivity index (χ4n) is 3.35. The van der Waals surface area contributed by atoms with Crippen molar-refractivity contribution in [3.8, 4) is 0 Å². The number of aryl methyl sites for hydroxylation is 2. The van der Waals surface area contributed by atoms with Crippen LogP contribution >= 0.6 is 0 Å². The SMILES string of the molecule is Cc1cc(C)cc(CC(N)C(C(C)C)C(C)C)c1. The van der Waals surface area contributed by atoms with E-state index in [1.165, 1.54) is 16.7 Å². The van der Waals surface area contributed by atoms with Crippen molar-refractivity contribution < 1.29 is 0 Å². The molecule has 0 bridgehead atoms. The van der Waals surface area contributed by atoms with Crippen LogP contribution in [0.2, 0.25) is 0 Å². The van der Waals surface area contributed by atoms with E-state index in [4.69, 9.17) is 5.73 Å². The maximum absolute atomic E-state index is 6.45. The second-order valence-electron chi connectivity index (χ2n) is 6.43. The number of nitrogens with two attached hydrogens (primary N) is 1. The molecule has 18 heavy (non-hydrogen) atoms. The molecule has 0 spiro atoms. The standard InChI is InChI=1S/C17H29N/c1-11(2)17(12(3)4)16(18)10-15-8-13(5)7-14(6)9-15/h7-9,11-12,16-17H,10,18H2,1-6H3. The first-order valence-electron chi connectivity index (χ1n) is 7.14. The van der Waals surface area contributed by atoms with E-state index in [0.717, 1.165) is 6.42 Å². The Balaban J connectivity index is 2.82. The van der Waals surface area contributed by atoms with Gasteiger partial charge in [0.15, 0.2) is 0 Å². The summed E-state index contributed by atoms with van der Waals surface area (Å²) >= 11 is 0. The fraction of sp³-hybridized carbons (Fsp3) is 0.647. The maximum Gasteiger partial charge on any atom is 0.0113 e. The van der Waals surface area contributed by atoms with Crippen LogP contribution < -0.4 is 5.73 Å². The third kappa shape index (κ3) is 4.13. The minimum Gasteiger partial charge on any atom is -0.327 e. The van der Waals surface area contributed by atoms with Gasteiger partial charge in [0.05, 0.1) is 0 Å². The van der Waals surface area contributed by atoms with E-state index in [0.29, 0.717) is 17.8 Å². The van der Waals surface area contributed by atoms with Gasteiger partial charge in [-0.25, -0.2) is 0 Å². The number of hydrogen-bond donors (Lipinski definition) is 1. The summed E-state index contributed by atoms with van der Waals surface area (Å²) in [4.78, 5) is 0. The van der Waals surface area contributed by atoms with Gasteiger partial charge in [0, 0.05) is 6.04 Å². The van der Waals surface area contributed by atoms with Crippen LogP contribution in [-0.2, 0) is 6.42 Å². The zero-order valence-corrected chi connectivity index (χ0v) is 12.8. The van der Waals surface area contributed by atoms with E-state index < -0.39 is 0 Å². The maximum atomic E-state index is 6.45. The third-order valence-electron chi connectivity index (χ3n) is 3.79. The predicted octanol–water partition coefficient (Wildman–Crippen LogP) is 4.10. The fourth-order valence-corrected chi connectivity index (χ4v) is 3.35. The van der Waals surface area contributed by atoms with Crippen molar-refractivity contribution in [3.63, 3.8) is 0 Å². The molecule has 0 radical (unpaired) electrons. The smallest absolute Gasteiger partial charge is 0.0113 e. The lowest BCUT2D eigenvalue weighted by atomic mass is 9.78. The van der Waals surface area contributed by atoms with Gasteiger partial charge in [-0.1, -0.05) is 57.0 Å². The monoisotopic (exact) mass is 247 g/mol. The van der Waals surface area contributed by atoms with Crippen LogP contribution in [0.25, 0.3) is 0 Å². The molecule has 1 aromatic carbocycles. The van der Waals surface area contributed by atoms with Gasteiger partial charge in [-0.2, -0.15) is 0 Å². The molecule has 102 valence electrons. The van der Waals surface area contributed by atoms with Crippen LogP contribution in [0.5, 0.6) is 0 Å². The Bertz CT molecular complexity index is 351. The zero-order valence-electron chi connectivity index (χ0n) is 12.8. The molecule has 2 N–H and O–H groups in total. The van der Waals surface area contributed by atoms with Gasteiger partial charge in [-0.3, -0.25) is 0 Å². The van der Waals surface area contributed by atoms with Crippen molar-refractivity contribution >= 4 is 0 Å². The molecule has 0 aromatic heterocycles. The second kappa shape index (κ2) is 6.38. The Morgan fingerprint density at radius 3 is 1.72 bits per heavy atom. The third-order valence-corrected chi connectivity index (χ3v) is 3.79. The molecule has 1 aromatic rings. The molecule has 0 aliphatic heterocycles. The molecular weight excluding hydrogens is 218 g/mol. The van der Waals surface area contributed by atoms with Crippen molar-refractivity contribution in [2.75, 3.05) is 0 Å². The molecule has 1 atom stereocenters. The first-order valence-corrected chi connectivity index (χ1v) is 7.14. The number of benzene rings is 1. The van der Waals surface area contributed by atoms with Gasteiger partial charge in [0.2, 0.25) is 0 Å². The van der Waals surface area contributed by atoms with Gasteiger partial charge in [0.25, 0.3) is 0 Å². The highest BCUT2D eigenvalue weighted by molar-refractivity contribution is 5.29. The van der Waals surface area contributed by atoms with Crippen LogP contribution in [0.15, 0.2) is 18.2 Å². The largest absolute Gasteiger partial charge is 0.327 e. The average molecular weight is 247 g/mol. The highest BCUT2D eigenvalue weighted by Gasteiger charge is 2.24. The molecule has 0 heterocycles. The van der Waals surface area contributed by atoms with Crippen LogP contribution in [0.4, 0.5) is 0 Å². The normalized spacial score (nSPS) is 13.7. The Morgan fingerprint density at radius 2 is 1.33 bits per heavy atom. The second-order valence-corrected chi connectivity index (χ2v) is 6.43. The molecule has 0 aliphatic carbocycles. The summed E-state index contributed by atoms with van der Waals surface area (Å²) in [5.41, 5.74) is 10.5. The number of hydrogen-bond acceptors (Lipinski definition) is 1. The highest BCUT2D eigenvalue weighted by atomic mass is 14.7. The molecule has 0 saturated carbocycles. The van der Waals surface area contributed by atoms with Crippen molar-refractivity contribution in [3.05, 3.63) is 34.9 Å². The molecular formula is C17H29N. The van der Waals surface area contributed by atoms with E-state index in [1.807, 2.05) is 0 Å². The van der Waals surface area contributed by atoms with Crippen LogP contribution in [0.1, 0.15) is 44.4 Å². The van der Waals surface area contributed by atoms with E-state index in [-0.39, 0.29) is 6.04 Å². The average Bonchev–Trinajstić information content (AvgIpc) is 2.13. The van der Waals surface area contributed by atoms with Crippen molar-refractivity contribution in [1.29, 1.82) is 0 Å². The van der Waals surface area contributed by atoms with E-state index in [1.54, 1.807) is 0 Å². The molecule has 0 amide bonds. The zero-order chi connectivity index (χ0) is 13.9. The van der Waals surface area contributed by atoms with Gasteiger partial charge >= 0.3 is 0 Å².